The van der Waals surface area contributed by atoms with Crippen molar-refractivity contribution in [3.63, 3.8) is 0 Å². The van der Waals surface area contributed by atoms with Crippen molar-refractivity contribution in [2.24, 2.45) is 5.73 Å². The third kappa shape index (κ3) is 4.15. The van der Waals surface area contributed by atoms with E-state index < -0.39 is 6.04 Å². The lowest BCUT2D eigenvalue weighted by molar-refractivity contribution is 0.295. The Balaban J connectivity index is 2.32. The minimum absolute atomic E-state index is 0.192. The lowest BCUT2D eigenvalue weighted by Crippen LogP contribution is -2.12. The molecule has 1 atom stereocenters. The molecule has 0 aliphatic rings. The lowest BCUT2D eigenvalue weighted by atomic mass is 10.0. The molecule has 2 N–H and O–H groups in total. The van der Waals surface area contributed by atoms with E-state index in [2.05, 4.69) is 6.07 Å². The number of ether oxygens (including phenoxy) is 3. The van der Waals surface area contributed by atoms with E-state index in [9.17, 15) is 0 Å². The molecule has 0 heterocycles. The Morgan fingerprint density at radius 3 is 2.30 bits per heavy atom. The normalized spacial score (nSPS) is 11.4. The van der Waals surface area contributed by atoms with E-state index in [4.69, 9.17) is 25.2 Å². The van der Waals surface area contributed by atoms with Gasteiger partial charge in [-0.3, -0.25) is 0 Å². The predicted molar refractivity (Wildman–Crippen MR) is 87.5 cm³/mol. The molecule has 2 rings (SSSR count). The van der Waals surface area contributed by atoms with Crippen LogP contribution in [0, 0.1) is 11.3 Å². The van der Waals surface area contributed by atoms with Gasteiger partial charge in [0.05, 0.1) is 26.7 Å². The van der Waals surface area contributed by atoms with Crippen molar-refractivity contribution in [1.29, 1.82) is 5.26 Å². The standard InChI is InChI=1S/C18H20N2O3/c1-21-17-10-14(15(20)8-9-19)16(11-18(17)22-2)23-12-13-6-4-3-5-7-13/h3-7,10-11,15H,8,12,20H2,1-2H3/t15-/m0/s1. The molecule has 0 aromatic heterocycles. The zero-order valence-electron chi connectivity index (χ0n) is 13.3. The molecule has 120 valence electrons. The van der Waals surface area contributed by atoms with Gasteiger partial charge < -0.3 is 19.9 Å². The van der Waals surface area contributed by atoms with Crippen LogP contribution in [0.15, 0.2) is 42.5 Å². The van der Waals surface area contributed by atoms with Crippen LogP contribution in [0.3, 0.4) is 0 Å². The molecular formula is C18H20N2O3. The van der Waals surface area contributed by atoms with Gasteiger partial charge in [-0.25, -0.2) is 0 Å². The van der Waals surface area contributed by atoms with Crippen molar-refractivity contribution in [1.82, 2.24) is 0 Å². The minimum Gasteiger partial charge on any atom is -0.493 e. The third-order valence-corrected chi connectivity index (χ3v) is 3.46. The lowest BCUT2D eigenvalue weighted by Gasteiger charge is -2.18. The van der Waals surface area contributed by atoms with Gasteiger partial charge in [-0.1, -0.05) is 30.3 Å². The molecule has 0 aliphatic heterocycles. The number of hydrogen-bond acceptors (Lipinski definition) is 5. The van der Waals surface area contributed by atoms with Gasteiger partial charge in [-0.2, -0.15) is 5.26 Å². The smallest absolute Gasteiger partial charge is 0.164 e. The maximum absolute atomic E-state index is 8.90. The number of nitriles is 1. The molecule has 0 unspecified atom stereocenters. The summed E-state index contributed by atoms with van der Waals surface area (Å²) in [4.78, 5) is 0. The van der Waals surface area contributed by atoms with E-state index in [1.54, 1.807) is 26.4 Å². The van der Waals surface area contributed by atoms with Crippen LogP contribution in [0.5, 0.6) is 17.2 Å². The highest BCUT2D eigenvalue weighted by Gasteiger charge is 2.17. The fraction of sp³-hybridized carbons (Fsp3) is 0.278. The molecule has 0 radical (unpaired) electrons. The Morgan fingerprint density at radius 1 is 1.04 bits per heavy atom. The summed E-state index contributed by atoms with van der Waals surface area (Å²) in [5, 5.41) is 8.90. The first-order chi connectivity index (χ1) is 11.2. The average molecular weight is 312 g/mol. The summed E-state index contributed by atoms with van der Waals surface area (Å²) in [7, 11) is 3.12. The Hall–Kier alpha value is -2.71. The van der Waals surface area contributed by atoms with Crippen LogP contribution in [0.4, 0.5) is 0 Å². The van der Waals surface area contributed by atoms with Crippen molar-refractivity contribution >= 4 is 0 Å². The predicted octanol–water partition coefficient (Wildman–Crippen LogP) is 3.20. The van der Waals surface area contributed by atoms with E-state index >= 15 is 0 Å². The Kier molecular flexibility index (Phi) is 5.84. The van der Waals surface area contributed by atoms with Gasteiger partial charge in [0.2, 0.25) is 0 Å². The second-order valence-electron chi connectivity index (χ2n) is 4.99. The molecule has 0 bridgehead atoms. The van der Waals surface area contributed by atoms with Crippen LogP contribution in [0.1, 0.15) is 23.6 Å². The number of benzene rings is 2. The monoisotopic (exact) mass is 312 g/mol. The number of methoxy groups -OCH3 is 2. The van der Waals surface area contributed by atoms with E-state index in [0.29, 0.717) is 23.9 Å². The van der Waals surface area contributed by atoms with Crippen molar-refractivity contribution in [3.8, 4) is 23.3 Å². The molecule has 5 nitrogen and oxygen atoms in total. The number of rotatable bonds is 7. The van der Waals surface area contributed by atoms with Gasteiger partial charge in [0.25, 0.3) is 0 Å². The zero-order chi connectivity index (χ0) is 16.7. The minimum atomic E-state index is -0.453. The fourth-order valence-corrected chi connectivity index (χ4v) is 2.23. The molecule has 0 spiro atoms. The largest absolute Gasteiger partial charge is 0.493 e. The third-order valence-electron chi connectivity index (χ3n) is 3.46. The van der Waals surface area contributed by atoms with Gasteiger partial charge in [0.15, 0.2) is 11.5 Å². The van der Waals surface area contributed by atoms with E-state index in [1.807, 2.05) is 30.3 Å². The maximum atomic E-state index is 8.90. The maximum Gasteiger partial charge on any atom is 0.164 e. The highest BCUT2D eigenvalue weighted by atomic mass is 16.5. The molecule has 23 heavy (non-hydrogen) atoms. The summed E-state index contributed by atoms with van der Waals surface area (Å²) in [5.74, 6) is 1.71. The summed E-state index contributed by atoms with van der Waals surface area (Å²) in [6, 6.07) is 15.0. The van der Waals surface area contributed by atoms with Gasteiger partial charge in [-0.15, -0.1) is 0 Å². The van der Waals surface area contributed by atoms with Gasteiger partial charge in [0.1, 0.15) is 12.4 Å². The second-order valence-corrected chi connectivity index (χ2v) is 4.99. The van der Waals surface area contributed by atoms with Crippen LogP contribution < -0.4 is 19.9 Å². The van der Waals surface area contributed by atoms with Gasteiger partial charge >= 0.3 is 0 Å². The van der Waals surface area contributed by atoms with Crippen LogP contribution in [-0.4, -0.2) is 14.2 Å². The SMILES string of the molecule is COc1cc(OCc2ccccc2)c([C@@H](N)CC#N)cc1OC. The second kappa shape index (κ2) is 8.06. The Bertz CT molecular complexity index is 681. The number of nitrogens with two attached hydrogens (primary N) is 1. The molecule has 2 aromatic carbocycles. The first-order valence-electron chi connectivity index (χ1n) is 7.24. The number of nitrogens with zero attached hydrogens (tertiary/aromatic N) is 1. The average Bonchev–Trinajstić information content (AvgIpc) is 2.60. The van der Waals surface area contributed by atoms with Crippen molar-refractivity contribution in [2.45, 2.75) is 19.1 Å². The fourth-order valence-electron chi connectivity index (χ4n) is 2.23. The van der Waals surface area contributed by atoms with Crippen LogP contribution in [0.25, 0.3) is 0 Å². The van der Waals surface area contributed by atoms with Crippen LogP contribution >= 0.6 is 0 Å². The Morgan fingerprint density at radius 2 is 1.70 bits per heavy atom. The molecule has 0 aliphatic carbocycles. The quantitative estimate of drug-likeness (QED) is 0.849. The van der Waals surface area contributed by atoms with Crippen LogP contribution in [0.2, 0.25) is 0 Å². The summed E-state index contributed by atoms with van der Waals surface area (Å²) in [6.45, 7) is 0.405. The van der Waals surface area contributed by atoms with Gasteiger partial charge in [-0.05, 0) is 11.6 Å². The van der Waals surface area contributed by atoms with E-state index in [0.717, 1.165) is 11.1 Å². The highest BCUT2D eigenvalue weighted by Crippen LogP contribution is 2.38. The van der Waals surface area contributed by atoms with E-state index in [1.165, 1.54) is 0 Å². The topological polar surface area (TPSA) is 77.5 Å². The zero-order valence-corrected chi connectivity index (χ0v) is 13.3. The molecule has 0 saturated carbocycles. The first kappa shape index (κ1) is 16.7. The highest BCUT2D eigenvalue weighted by molar-refractivity contribution is 5.52. The molecule has 0 fully saturated rings. The van der Waals surface area contributed by atoms with Crippen molar-refractivity contribution in [3.05, 3.63) is 53.6 Å². The molecule has 0 amide bonds. The molecule has 5 heteroatoms. The number of hydrogen-bond donors (Lipinski definition) is 1. The Labute approximate surface area is 136 Å². The summed E-state index contributed by atoms with van der Waals surface area (Å²) in [5.41, 5.74) is 7.86. The molecular weight excluding hydrogens is 292 g/mol. The van der Waals surface area contributed by atoms with E-state index in [-0.39, 0.29) is 6.42 Å². The van der Waals surface area contributed by atoms with Gasteiger partial charge in [0, 0.05) is 17.7 Å². The molecule has 0 saturated heterocycles. The first-order valence-corrected chi connectivity index (χ1v) is 7.24. The summed E-state index contributed by atoms with van der Waals surface area (Å²) in [6.07, 6.45) is 0.192. The molecule has 2 aromatic rings. The van der Waals surface area contributed by atoms with Crippen molar-refractivity contribution < 1.29 is 14.2 Å². The van der Waals surface area contributed by atoms with Crippen LogP contribution in [-0.2, 0) is 6.61 Å². The summed E-state index contributed by atoms with van der Waals surface area (Å²) >= 11 is 0. The van der Waals surface area contributed by atoms with Crippen molar-refractivity contribution in [2.75, 3.05) is 14.2 Å². The summed E-state index contributed by atoms with van der Waals surface area (Å²) < 4.78 is 16.5.